The number of sulfonamides is 1. The molecule has 40 heavy (non-hydrogen) atoms. The highest BCUT2D eigenvalue weighted by Gasteiger charge is 2.29. The minimum atomic E-state index is -4.47. The topological polar surface area (TPSA) is 138 Å². The quantitative estimate of drug-likeness (QED) is 0.268. The van der Waals surface area contributed by atoms with Crippen molar-refractivity contribution in [3.05, 3.63) is 82.9 Å². The Bertz CT molecular complexity index is 1660. The number of nitrogens with two attached hydrogens (primary N) is 1. The Morgan fingerprint density at radius 1 is 1.10 bits per heavy atom. The van der Waals surface area contributed by atoms with Crippen LogP contribution in [0, 0.1) is 0 Å². The first-order chi connectivity index (χ1) is 19.1. The Labute approximate surface area is 233 Å². The van der Waals surface area contributed by atoms with Gasteiger partial charge >= 0.3 is 0 Å². The van der Waals surface area contributed by atoms with Gasteiger partial charge < -0.3 is 15.2 Å². The second-order valence-electron chi connectivity index (χ2n) is 8.42. The van der Waals surface area contributed by atoms with Gasteiger partial charge in [0.1, 0.15) is 22.7 Å². The van der Waals surface area contributed by atoms with E-state index in [1.54, 1.807) is 42.5 Å². The van der Waals surface area contributed by atoms with E-state index in [1.165, 1.54) is 26.4 Å². The van der Waals surface area contributed by atoms with E-state index in [9.17, 15) is 22.0 Å². The molecule has 0 saturated carbocycles. The van der Waals surface area contributed by atoms with Crippen molar-refractivity contribution in [2.45, 2.75) is 24.3 Å². The Morgan fingerprint density at radius 3 is 2.45 bits per heavy atom. The SMILES string of the molecule is COc1ccc(CNS(=O)(=O)c2c(-n3cnc(C(F)F)n3)ccc(CC(N)=O)c2-c2ccccc2Cl)c(OC)c1. The Balaban J connectivity index is 1.95. The number of ether oxygens (including phenoxy) is 2. The summed E-state index contributed by atoms with van der Waals surface area (Å²) in [5, 5.41) is 3.96. The van der Waals surface area contributed by atoms with Crippen LogP contribution in [0.4, 0.5) is 8.78 Å². The normalized spacial score (nSPS) is 11.6. The van der Waals surface area contributed by atoms with Crippen LogP contribution >= 0.6 is 11.6 Å². The molecular weight excluding hydrogens is 568 g/mol. The number of carbonyl (C=O) groups is 1. The van der Waals surface area contributed by atoms with E-state index in [-0.39, 0.29) is 45.3 Å². The molecule has 0 saturated heterocycles. The maximum Gasteiger partial charge on any atom is 0.299 e. The maximum atomic E-state index is 14.1. The number of primary amides is 1. The van der Waals surface area contributed by atoms with Crippen LogP contribution < -0.4 is 19.9 Å². The third-order valence-electron chi connectivity index (χ3n) is 5.90. The van der Waals surface area contributed by atoms with Crippen LogP contribution in [0.3, 0.4) is 0 Å². The number of nitrogens with zero attached hydrogens (tertiary/aromatic N) is 3. The fourth-order valence-electron chi connectivity index (χ4n) is 4.09. The molecule has 0 bridgehead atoms. The van der Waals surface area contributed by atoms with Gasteiger partial charge in [0.25, 0.3) is 6.43 Å². The molecule has 1 aromatic heterocycles. The molecule has 4 aromatic rings. The number of hydrogen-bond acceptors (Lipinski definition) is 7. The number of alkyl halides is 2. The van der Waals surface area contributed by atoms with E-state index in [2.05, 4.69) is 14.8 Å². The monoisotopic (exact) mass is 591 g/mol. The lowest BCUT2D eigenvalue weighted by Crippen LogP contribution is -2.26. The van der Waals surface area contributed by atoms with Gasteiger partial charge in [-0.1, -0.05) is 41.9 Å². The number of methoxy groups -OCH3 is 2. The Hall–Kier alpha value is -4.07. The van der Waals surface area contributed by atoms with Crippen LogP contribution in [-0.4, -0.2) is 43.3 Å². The van der Waals surface area contributed by atoms with Crippen molar-refractivity contribution >= 4 is 27.5 Å². The molecule has 0 atom stereocenters. The van der Waals surface area contributed by atoms with Crippen LogP contribution in [0.2, 0.25) is 5.02 Å². The van der Waals surface area contributed by atoms with Crippen LogP contribution in [0.15, 0.2) is 65.8 Å². The van der Waals surface area contributed by atoms with Gasteiger partial charge in [0.15, 0.2) is 0 Å². The van der Waals surface area contributed by atoms with Gasteiger partial charge in [-0.25, -0.2) is 31.6 Å². The van der Waals surface area contributed by atoms with Crippen LogP contribution in [-0.2, 0) is 27.8 Å². The molecule has 14 heteroatoms. The number of benzene rings is 3. The highest BCUT2D eigenvalue weighted by atomic mass is 35.5. The predicted molar refractivity (Wildman–Crippen MR) is 143 cm³/mol. The summed E-state index contributed by atoms with van der Waals surface area (Å²) in [6.45, 7) is -0.212. The van der Waals surface area contributed by atoms with Crippen molar-refractivity contribution in [2.24, 2.45) is 5.73 Å². The summed E-state index contributed by atoms with van der Waals surface area (Å²) in [5.41, 5.74) is 6.45. The molecular formula is C26H24ClF2N5O5S. The van der Waals surface area contributed by atoms with Gasteiger partial charge in [-0.2, -0.15) is 0 Å². The second kappa shape index (κ2) is 12.0. The van der Waals surface area contributed by atoms with E-state index in [1.807, 2.05) is 0 Å². The first-order valence-electron chi connectivity index (χ1n) is 11.7. The van der Waals surface area contributed by atoms with Gasteiger partial charge in [0, 0.05) is 34.3 Å². The molecule has 0 aliphatic carbocycles. The summed E-state index contributed by atoms with van der Waals surface area (Å²) in [5.74, 6) is -0.637. The molecule has 0 unspecified atom stereocenters. The molecule has 0 spiro atoms. The Kier molecular flexibility index (Phi) is 8.67. The lowest BCUT2D eigenvalue weighted by molar-refractivity contribution is -0.117. The number of rotatable bonds is 11. The summed E-state index contributed by atoms with van der Waals surface area (Å²) in [7, 11) is -1.55. The van der Waals surface area contributed by atoms with Gasteiger partial charge in [0.05, 0.1) is 26.3 Å². The molecule has 4 rings (SSSR count). The van der Waals surface area contributed by atoms with E-state index >= 15 is 0 Å². The average Bonchev–Trinajstić information content (AvgIpc) is 3.42. The van der Waals surface area contributed by atoms with Crippen molar-refractivity contribution in [1.82, 2.24) is 19.5 Å². The largest absolute Gasteiger partial charge is 0.497 e. The third kappa shape index (κ3) is 6.06. The summed E-state index contributed by atoms with van der Waals surface area (Å²) < 4.78 is 68.8. The molecule has 210 valence electrons. The number of carbonyl (C=O) groups excluding carboxylic acids is 1. The van der Waals surface area contributed by atoms with Gasteiger partial charge in [-0.15, -0.1) is 5.10 Å². The molecule has 0 aliphatic heterocycles. The first-order valence-corrected chi connectivity index (χ1v) is 13.5. The number of hydrogen-bond donors (Lipinski definition) is 2. The molecule has 0 aliphatic rings. The number of nitrogens with one attached hydrogen (secondary N) is 1. The molecule has 3 N–H and O–H groups in total. The molecule has 1 amide bonds. The van der Waals surface area contributed by atoms with E-state index in [0.29, 0.717) is 17.1 Å². The number of aromatic nitrogens is 3. The molecule has 1 heterocycles. The second-order valence-corrected chi connectivity index (χ2v) is 10.5. The maximum absolute atomic E-state index is 14.1. The average molecular weight is 592 g/mol. The Morgan fingerprint density at radius 2 is 1.82 bits per heavy atom. The molecule has 0 fully saturated rings. The summed E-state index contributed by atoms with van der Waals surface area (Å²) in [4.78, 5) is 15.2. The lowest BCUT2D eigenvalue weighted by Gasteiger charge is -2.20. The minimum Gasteiger partial charge on any atom is -0.497 e. The third-order valence-corrected chi connectivity index (χ3v) is 7.70. The molecule has 10 nitrogen and oxygen atoms in total. The number of halogens is 3. The first kappa shape index (κ1) is 28.9. The smallest absolute Gasteiger partial charge is 0.299 e. The van der Waals surface area contributed by atoms with E-state index < -0.39 is 28.2 Å². The molecule has 0 radical (unpaired) electrons. The fraction of sp³-hybridized carbons (Fsp3) is 0.192. The van der Waals surface area contributed by atoms with Crippen molar-refractivity contribution in [3.8, 4) is 28.3 Å². The van der Waals surface area contributed by atoms with Crippen molar-refractivity contribution in [3.63, 3.8) is 0 Å². The van der Waals surface area contributed by atoms with Gasteiger partial charge in [0.2, 0.25) is 21.8 Å². The van der Waals surface area contributed by atoms with E-state index in [4.69, 9.17) is 26.8 Å². The zero-order chi connectivity index (χ0) is 29.0. The van der Waals surface area contributed by atoms with Gasteiger partial charge in [-0.3, -0.25) is 4.79 Å². The van der Waals surface area contributed by atoms with Crippen molar-refractivity contribution < 1.29 is 31.5 Å². The van der Waals surface area contributed by atoms with Crippen LogP contribution in [0.5, 0.6) is 11.5 Å². The summed E-state index contributed by atoms with van der Waals surface area (Å²) >= 11 is 6.48. The molecule has 3 aromatic carbocycles. The predicted octanol–water partition coefficient (Wildman–Crippen LogP) is 4.05. The highest BCUT2D eigenvalue weighted by Crippen LogP contribution is 2.39. The van der Waals surface area contributed by atoms with Crippen molar-refractivity contribution in [1.29, 1.82) is 0 Å². The lowest BCUT2D eigenvalue weighted by atomic mass is 9.96. The zero-order valence-electron chi connectivity index (χ0n) is 21.3. The minimum absolute atomic E-state index is 0.0604. The fourth-order valence-corrected chi connectivity index (χ4v) is 5.76. The van der Waals surface area contributed by atoms with Gasteiger partial charge in [-0.05, 0) is 23.8 Å². The van der Waals surface area contributed by atoms with E-state index in [0.717, 1.165) is 11.0 Å². The standard InChI is InChI=1S/C26H24ClF2N5O5S/c1-38-17-9-7-16(21(12-17)39-2)13-32-40(36,37)24-20(34-14-31-26(33-34)25(28)29)10-8-15(11-22(30)35)23(24)18-5-3-4-6-19(18)27/h3-10,12,14,25,32H,11,13H2,1-2H3,(H2,30,35). The number of amides is 1. The summed E-state index contributed by atoms with van der Waals surface area (Å²) in [6.07, 6.45) is -2.33. The van der Waals surface area contributed by atoms with Crippen molar-refractivity contribution in [2.75, 3.05) is 14.2 Å². The summed E-state index contributed by atoms with van der Waals surface area (Å²) in [6, 6.07) is 14.1. The van der Waals surface area contributed by atoms with Crippen LogP contribution in [0.1, 0.15) is 23.4 Å². The zero-order valence-corrected chi connectivity index (χ0v) is 22.8. The highest BCUT2D eigenvalue weighted by molar-refractivity contribution is 7.89. The van der Waals surface area contributed by atoms with Crippen LogP contribution in [0.25, 0.3) is 16.8 Å².